The van der Waals surface area contributed by atoms with Crippen LogP contribution in [0.15, 0.2) is 24.4 Å². The quantitative estimate of drug-likeness (QED) is 0.676. The van der Waals surface area contributed by atoms with Crippen LogP contribution in [0.5, 0.6) is 0 Å². The number of carbonyl (C=O) groups is 1. The van der Waals surface area contributed by atoms with Gasteiger partial charge in [0.05, 0.1) is 0 Å². The minimum atomic E-state index is 0.130. The van der Waals surface area contributed by atoms with E-state index in [0.717, 1.165) is 5.56 Å². The molecule has 2 heteroatoms. The van der Waals surface area contributed by atoms with Crippen molar-refractivity contribution in [3.8, 4) is 0 Å². The molecule has 0 unspecified atom stereocenters. The van der Waals surface area contributed by atoms with Crippen molar-refractivity contribution in [3.05, 3.63) is 35.7 Å². The first kappa shape index (κ1) is 9.13. The number of carbonyl (C=O) groups excluding carboxylic acids is 1. The number of ketones is 1. The van der Waals surface area contributed by atoms with E-state index >= 15 is 0 Å². The molecule has 0 spiro atoms. The van der Waals surface area contributed by atoms with E-state index in [-0.39, 0.29) is 5.78 Å². The normalized spacial score (nSPS) is 15.4. The Bertz CT molecular complexity index is 405. The van der Waals surface area contributed by atoms with Gasteiger partial charge in [-0.15, -0.1) is 0 Å². The van der Waals surface area contributed by atoms with Gasteiger partial charge in [-0.25, -0.2) is 0 Å². The van der Waals surface area contributed by atoms with Crippen LogP contribution in [0.2, 0.25) is 0 Å². The maximum atomic E-state index is 11.5. The van der Waals surface area contributed by atoms with Crippen molar-refractivity contribution < 1.29 is 4.79 Å². The first-order valence-corrected chi connectivity index (χ1v) is 4.89. The van der Waals surface area contributed by atoms with E-state index in [9.17, 15) is 4.79 Å². The van der Waals surface area contributed by atoms with Gasteiger partial charge in [0.25, 0.3) is 0 Å². The lowest BCUT2D eigenvalue weighted by molar-refractivity contribution is 0.0989. The molecule has 1 aromatic rings. The summed E-state index contributed by atoms with van der Waals surface area (Å²) < 4.78 is 0. The number of fused-ring (bicyclic) bond motifs is 1. The zero-order valence-electron chi connectivity index (χ0n) is 8.45. The van der Waals surface area contributed by atoms with Gasteiger partial charge >= 0.3 is 0 Å². The molecule has 0 N–H and O–H groups in total. The number of nitrogens with zero attached hydrogens (tertiary/aromatic N) is 1. The van der Waals surface area contributed by atoms with Gasteiger partial charge in [-0.2, -0.15) is 0 Å². The maximum Gasteiger partial charge on any atom is 0.185 e. The van der Waals surface area contributed by atoms with Crippen LogP contribution < -0.4 is 0 Å². The van der Waals surface area contributed by atoms with E-state index in [1.54, 1.807) is 6.20 Å². The van der Waals surface area contributed by atoms with Gasteiger partial charge < -0.3 is 0 Å². The van der Waals surface area contributed by atoms with Gasteiger partial charge in [-0.05, 0) is 17.6 Å². The topological polar surface area (TPSA) is 30.0 Å². The van der Waals surface area contributed by atoms with Gasteiger partial charge in [0.1, 0.15) is 5.69 Å². The van der Waals surface area contributed by atoms with E-state index in [1.807, 2.05) is 18.2 Å². The van der Waals surface area contributed by atoms with Gasteiger partial charge in [-0.3, -0.25) is 9.78 Å². The summed E-state index contributed by atoms with van der Waals surface area (Å²) in [6.07, 6.45) is 4.20. The van der Waals surface area contributed by atoms with E-state index in [1.165, 1.54) is 5.57 Å². The van der Waals surface area contributed by atoms with Crippen molar-refractivity contribution in [3.63, 3.8) is 0 Å². The Labute approximate surface area is 83.7 Å². The first-order valence-electron chi connectivity index (χ1n) is 4.89. The molecule has 1 aliphatic rings. The molecule has 0 saturated carbocycles. The van der Waals surface area contributed by atoms with Crippen molar-refractivity contribution in [2.24, 2.45) is 5.92 Å². The Kier molecular flexibility index (Phi) is 2.20. The number of hydrogen-bond donors (Lipinski definition) is 0. The van der Waals surface area contributed by atoms with Crippen LogP contribution >= 0.6 is 0 Å². The fraction of sp³-hybridized carbons (Fsp3) is 0.333. The highest BCUT2D eigenvalue weighted by Gasteiger charge is 2.20. The molecular formula is C12H13NO. The fourth-order valence-corrected chi connectivity index (χ4v) is 1.82. The minimum Gasteiger partial charge on any atom is -0.292 e. The molecule has 0 bridgehead atoms. The molecule has 1 aliphatic carbocycles. The van der Waals surface area contributed by atoms with Crippen LogP contribution in [0.1, 0.15) is 36.3 Å². The minimum absolute atomic E-state index is 0.130. The third-order valence-electron chi connectivity index (χ3n) is 2.51. The summed E-state index contributed by atoms with van der Waals surface area (Å²) in [4.78, 5) is 15.7. The molecule has 1 heterocycles. The lowest BCUT2D eigenvalue weighted by Gasteiger charge is -2.18. The van der Waals surface area contributed by atoms with Crippen molar-refractivity contribution >= 4 is 11.4 Å². The molecule has 0 amide bonds. The molecule has 0 saturated heterocycles. The molecule has 0 aliphatic heterocycles. The van der Waals surface area contributed by atoms with Gasteiger partial charge in [0.15, 0.2) is 5.78 Å². The molecule has 14 heavy (non-hydrogen) atoms. The third-order valence-corrected chi connectivity index (χ3v) is 2.51. The summed E-state index contributed by atoms with van der Waals surface area (Å²) in [7, 11) is 0. The van der Waals surface area contributed by atoms with Crippen LogP contribution in [-0.4, -0.2) is 10.8 Å². The number of Topliss-reactive ketones (excluding diaryl/α,β-unsaturated/α-hetero) is 1. The monoisotopic (exact) mass is 187 g/mol. The number of allylic oxidation sites excluding steroid dienone is 2. The lowest BCUT2D eigenvalue weighted by atomic mass is 9.87. The molecule has 0 atom stereocenters. The predicted molar refractivity (Wildman–Crippen MR) is 56.0 cm³/mol. The average molecular weight is 187 g/mol. The van der Waals surface area contributed by atoms with Gasteiger partial charge in [-0.1, -0.05) is 26.0 Å². The van der Waals surface area contributed by atoms with Crippen LogP contribution in [0, 0.1) is 5.92 Å². The molecule has 72 valence electrons. The van der Waals surface area contributed by atoms with E-state index in [0.29, 0.717) is 18.0 Å². The SMILES string of the molecule is CC(C)C1=CCC(=O)c2ncccc21. The summed E-state index contributed by atoms with van der Waals surface area (Å²) in [6.45, 7) is 4.27. The predicted octanol–water partition coefficient (Wildman–Crippen LogP) is 2.71. The first-order chi connectivity index (χ1) is 6.70. The largest absolute Gasteiger partial charge is 0.292 e. The molecule has 0 radical (unpaired) electrons. The Balaban J connectivity index is 2.57. The van der Waals surface area contributed by atoms with Gasteiger partial charge in [0.2, 0.25) is 0 Å². The highest BCUT2D eigenvalue weighted by Crippen LogP contribution is 2.29. The van der Waals surface area contributed by atoms with Crippen LogP contribution in [0.4, 0.5) is 0 Å². The van der Waals surface area contributed by atoms with Crippen molar-refractivity contribution in [2.45, 2.75) is 20.3 Å². The molecular weight excluding hydrogens is 174 g/mol. The van der Waals surface area contributed by atoms with Crippen molar-refractivity contribution in [1.82, 2.24) is 4.98 Å². The molecule has 0 aromatic carbocycles. The average Bonchev–Trinajstić information content (AvgIpc) is 2.18. The zero-order chi connectivity index (χ0) is 10.1. The highest BCUT2D eigenvalue weighted by molar-refractivity contribution is 6.03. The second-order valence-electron chi connectivity index (χ2n) is 3.84. The van der Waals surface area contributed by atoms with E-state index in [2.05, 4.69) is 18.8 Å². The highest BCUT2D eigenvalue weighted by atomic mass is 16.1. The maximum absolute atomic E-state index is 11.5. The van der Waals surface area contributed by atoms with Crippen LogP contribution in [0.25, 0.3) is 5.57 Å². The number of rotatable bonds is 1. The molecule has 0 fully saturated rings. The van der Waals surface area contributed by atoms with E-state index < -0.39 is 0 Å². The molecule has 1 aromatic heterocycles. The number of hydrogen-bond acceptors (Lipinski definition) is 2. The summed E-state index contributed by atoms with van der Waals surface area (Å²) in [5, 5.41) is 0. The third kappa shape index (κ3) is 1.37. The summed E-state index contributed by atoms with van der Waals surface area (Å²) in [6, 6.07) is 3.86. The van der Waals surface area contributed by atoms with Crippen LogP contribution in [-0.2, 0) is 0 Å². The number of aromatic nitrogens is 1. The summed E-state index contributed by atoms with van der Waals surface area (Å²) >= 11 is 0. The molecule has 2 rings (SSSR count). The van der Waals surface area contributed by atoms with Crippen molar-refractivity contribution in [1.29, 1.82) is 0 Å². The second kappa shape index (κ2) is 3.37. The summed E-state index contributed by atoms with van der Waals surface area (Å²) in [5.74, 6) is 0.580. The van der Waals surface area contributed by atoms with E-state index in [4.69, 9.17) is 0 Å². The number of pyridine rings is 1. The standard InChI is InChI=1S/C12H13NO/c1-8(2)9-5-6-11(14)12-10(9)4-3-7-13-12/h3-5,7-8H,6H2,1-2H3. The Morgan fingerprint density at radius 1 is 1.43 bits per heavy atom. The Hall–Kier alpha value is -1.44. The Morgan fingerprint density at radius 3 is 2.93 bits per heavy atom. The fourth-order valence-electron chi connectivity index (χ4n) is 1.82. The van der Waals surface area contributed by atoms with Gasteiger partial charge in [0, 0.05) is 18.2 Å². The molecule has 2 nitrogen and oxygen atoms in total. The van der Waals surface area contributed by atoms with Crippen molar-refractivity contribution in [2.75, 3.05) is 0 Å². The zero-order valence-corrected chi connectivity index (χ0v) is 8.45. The smallest absolute Gasteiger partial charge is 0.185 e. The lowest BCUT2D eigenvalue weighted by Crippen LogP contribution is -2.12. The second-order valence-corrected chi connectivity index (χ2v) is 3.84. The summed E-state index contributed by atoms with van der Waals surface area (Å²) in [5.41, 5.74) is 2.89. The Morgan fingerprint density at radius 2 is 2.21 bits per heavy atom. The van der Waals surface area contributed by atoms with Crippen LogP contribution in [0.3, 0.4) is 0 Å².